The molecule has 164 valence electrons. The molecule has 11 heteroatoms. The number of carbonyl (C=O) groups excluding carboxylic acids is 1. The summed E-state index contributed by atoms with van der Waals surface area (Å²) in [6.07, 6.45) is -2.77. The van der Waals surface area contributed by atoms with Gasteiger partial charge in [0.25, 0.3) is 0 Å². The molecule has 0 aliphatic heterocycles. The fourth-order valence-electron chi connectivity index (χ4n) is 2.98. The summed E-state index contributed by atoms with van der Waals surface area (Å²) in [6.45, 7) is 0. The third-order valence-electron chi connectivity index (χ3n) is 4.38. The van der Waals surface area contributed by atoms with E-state index in [1.165, 1.54) is 24.4 Å². The molecule has 2 aromatic carbocycles. The van der Waals surface area contributed by atoms with Crippen LogP contribution in [0.4, 0.5) is 24.8 Å². The lowest BCUT2D eigenvalue weighted by atomic mass is 10.3. The summed E-state index contributed by atoms with van der Waals surface area (Å²) in [7, 11) is 1.72. The van der Waals surface area contributed by atoms with Crippen molar-refractivity contribution in [3.05, 3.63) is 64.9 Å². The van der Waals surface area contributed by atoms with E-state index in [0.29, 0.717) is 33.7 Å². The Hall–Kier alpha value is -3.60. The number of anilines is 2. The highest BCUT2D eigenvalue weighted by atomic mass is 79.9. The van der Waals surface area contributed by atoms with E-state index < -0.39 is 12.1 Å². The molecule has 0 aliphatic rings. The zero-order valence-electron chi connectivity index (χ0n) is 16.4. The quantitative estimate of drug-likeness (QED) is 0.324. The Labute approximate surface area is 187 Å². The van der Waals surface area contributed by atoms with Gasteiger partial charge in [0.05, 0.1) is 16.7 Å². The Morgan fingerprint density at radius 2 is 1.88 bits per heavy atom. The van der Waals surface area contributed by atoms with Crippen molar-refractivity contribution in [2.75, 3.05) is 5.32 Å². The van der Waals surface area contributed by atoms with Crippen molar-refractivity contribution in [3.8, 4) is 17.2 Å². The van der Waals surface area contributed by atoms with Gasteiger partial charge in [-0.3, -0.25) is 9.78 Å². The van der Waals surface area contributed by atoms with Gasteiger partial charge in [-0.25, -0.2) is 4.98 Å². The van der Waals surface area contributed by atoms with Crippen LogP contribution in [0.25, 0.3) is 11.0 Å². The number of fused-ring (bicyclic) bond motifs is 1. The first-order valence-corrected chi connectivity index (χ1v) is 9.89. The van der Waals surface area contributed by atoms with E-state index in [1.807, 2.05) is 0 Å². The predicted octanol–water partition coefficient (Wildman–Crippen LogP) is 5.98. The number of aromatic nitrogens is 3. The Balaban J connectivity index is 1.64. The highest BCUT2D eigenvalue weighted by Gasteiger charge is 2.32. The zero-order chi connectivity index (χ0) is 22.9. The number of hydrogen-bond donors (Lipinski definition) is 1. The van der Waals surface area contributed by atoms with E-state index in [-0.39, 0.29) is 11.4 Å². The average Bonchev–Trinajstić information content (AvgIpc) is 3.04. The van der Waals surface area contributed by atoms with Crippen molar-refractivity contribution in [3.63, 3.8) is 0 Å². The summed E-state index contributed by atoms with van der Waals surface area (Å²) >= 11 is 3.14. The van der Waals surface area contributed by atoms with Crippen LogP contribution < -0.4 is 14.8 Å². The molecule has 0 unspecified atom stereocenters. The third-order valence-corrected chi connectivity index (χ3v) is 4.87. The zero-order valence-corrected chi connectivity index (χ0v) is 17.9. The van der Waals surface area contributed by atoms with Crippen LogP contribution in [-0.2, 0) is 7.05 Å². The first-order chi connectivity index (χ1) is 15.2. The van der Waals surface area contributed by atoms with Crippen molar-refractivity contribution < 1.29 is 27.4 Å². The van der Waals surface area contributed by atoms with Gasteiger partial charge in [-0.05, 0) is 36.4 Å². The van der Waals surface area contributed by atoms with Crippen molar-refractivity contribution in [2.45, 2.75) is 6.36 Å². The summed E-state index contributed by atoms with van der Waals surface area (Å²) in [4.78, 5) is 19.2. The van der Waals surface area contributed by atoms with Crippen molar-refractivity contribution in [1.29, 1.82) is 0 Å². The monoisotopic (exact) mass is 506 g/mol. The predicted molar refractivity (Wildman–Crippen MR) is 115 cm³/mol. The SMILES string of the molecule is Cn1c(Nc2ccc(Br)cc2OC(F)(F)F)nc2cc(Oc3ccnc(C=O)c3)ccc21. The molecule has 0 fully saturated rings. The van der Waals surface area contributed by atoms with Crippen molar-refractivity contribution in [2.24, 2.45) is 7.05 Å². The van der Waals surface area contributed by atoms with Crippen molar-refractivity contribution in [1.82, 2.24) is 14.5 Å². The molecule has 0 amide bonds. The summed E-state index contributed by atoms with van der Waals surface area (Å²) < 4.78 is 50.4. The van der Waals surface area contributed by atoms with E-state index in [2.05, 4.69) is 36.0 Å². The molecule has 0 spiro atoms. The average molecular weight is 507 g/mol. The Morgan fingerprint density at radius 3 is 2.62 bits per heavy atom. The lowest BCUT2D eigenvalue weighted by Gasteiger charge is -2.14. The Bertz CT molecular complexity index is 1310. The number of imidazole rings is 1. The molecule has 1 N–H and O–H groups in total. The van der Waals surface area contributed by atoms with E-state index in [0.717, 1.165) is 5.52 Å². The number of ether oxygens (including phenoxy) is 2. The summed E-state index contributed by atoms with van der Waals surface area (Å²) in [6, 6.07) is 12.5. The fraction of sp³-hybridized carbons (Fsp3) is 0.0952. The second-order valence-corrected chi connectivity index (χ2v) is 7.51. The molecule has 2 aromatic heterocycles. The van der Waals surface area contributed by atoms with Crippen LogP contribution in [0.2, 0.25) is 0 Å². The van der Waals surface area contributed by atoms with Crippen LogP contribution in [0.3, 0.4) is 0 Å². The maximum Gasteiger partial charge on any atom is 0.573 e. The minimum absolute atomic E-state index is 0.0959. The molecule has 4 aromatic rings. The van der Waals surface area contributed by atoms with Gasteiger partial charge >= 0.3 is 6.36 Å². The first kappa shape index (κ1) is 21.6. The van der Waals surface area contributed by atoms with Crippen LogP contribution in [0.5, 0.6) is 17.2 Å². The van der Waals surface area contributed by atoms with Gasteiger partial charge in [0, 0.05) is 29.8 Å². The molecule has 0 saturated carbocycles. The largest absolute Gasteiger partial charge is 0.573 e. The van der Waals surface area contributed by atoms with Crippen LogP contribution >= 0.6 is 15.9 Å². The number of pyridine rings is 1. The number of benzene rings is 2. The molecule has 0 saturated heterocycles. The number of aryl methyl sites for hydroxylation is 1. The molecule has 0 atom stereocenters. The molecule has 7 nitrogen and oxygen atoms in total. The normalized spacial score (nSPS) is 11.4. The van der Waals surface area contributed by atoms with E-state index in [1.54, 1.807) is 41.9 Å². The lowest BCUT2D eigenvalue weighted by molar-refractivity contribution is -0.274. The van der Waals surface area contributed by atoms with E-state index in [9.17, 15) is 18.0 Å². The van der Waals surface area contributed by atoms with Crippen LogP contribution in [0.15, 0.2) is 59.2 Å². The number of alkyl halides is 3. The maximum atomic E-state index is 12.8. The maximum absolute atomic E-state index is 12.8. The molecule has 32 heavy (non-hydrogen) atoms. The second-order valence-electron chi connectivity index (χ2n) is 6.59. The van der Waals surface area contributed by atoms with Gasteiger partial charge in [-0.15, -0.1) is 13.2 Å². The number of aldehydes is 1. The van der Waals surface area contributed by atoms with E-state index in [4.69, 9.17) is 4.74 Å². The Kier molecular flexibility index (Phi) is 5.74. The van der Waals surface area contributed by atoms with Crippen LogP contribution in [0, 0.1) is 0 Å². The first-order valence-electron chi connectivity index (χ1n) is 9.10. The minimum Gasteiger partial charge on any atom is -0.457 e. The van der Waals surface area contributed by atoms with Gasteiger partial charge in [-0.1, -0.05) is 15.9 Å². The number of carbonyl (C=O) groups is 1. The van der Waals surface area contributed by atoms with Gasteiger partial charge in [0.1, 0.15) is 17.2 Å². The number of nitrogens with one attached hydrogen (secondary N) is 1. The molecule has 4 rings (SSSR count). The molecule has 0 aliphatic carbocycles. The molecular formula is C21H14BrF3N4O3. The second kappa shape index (κ2) is 8.50. The lowest BCUT2D eigenvalue weighted by Crippen LogP contribution is -2.18. The summed E-state index contributed by atoms with van der Waals surface area (Å²) in [5.41, 5.74) is 1.60. The number of nitrogens with zero attached hydrogens (tertiary/aromatic N) is 3. The summed E-state index contributed by atoms with van der Waals surface area (Å²) in [5.74, 6) is 0.805. The Morgan fingerprint density at radius 1 is 1.09 bits per heavy atom. The molecule has 0 radical (unpaired) electrons. The van der Waals surface area contributed by atoms with Crippen LogP contribution in [0.1, 0.15) is 10.5 Å². The molecular weight excluding hydrogens is 493 g/mol. The number of hydrogen-bond acceptors (Lipinski definition) is 6. The highest BCUT2D eigenvalue weighted by molar-refractivity contribution is 9.10. The third kappa shape index (κ3) is 4.83. The molecule has 0 bridgehead atoms. The minimum atomic E-state index is -4.84. The summed E-state index contributed by atoms with van der Waals surface area (Å²) in [5, 5.41) is 2.88. The topological polar surface area (TPSA) is 78.3 Å². The van der Waals surface area contributed by atoms with Crippen LogP contribution in [-0.4, -0.2) is 27.2 Å². The van der Waals surface area contributed by atoms with Crippen molar-refractivity contribution >= 4 is 44.9 Å². The fourth-order valence-corrected chi connectivity index (χ4v) is 3.32. The van der Waals surface area contributed by atoms with Gasteiger partial charge in [0.2, 0.25) is 5.95 Å². The van der Waals surface area contributed by atoms with Gasteiger partial charge in [0.15, 0.2) is 12.0 Å². The molecule has 2 heterocycles. The van der Waals surface area contributed by atoms with Gasteiger partial charge in [-0.2, -0.15) is 0 Å². The van der Waals surface area contributed by atoms with Gasteiger partial charge < -0.3 is 19.4 Å². The van der Waals surface area contributed by atoms with E-state index >= 15 is 0 Å². The highest BCUT2D eigenvalue weighted by Crippen LogP contribution is 2.35. The smallest absolute Gasteiger partial charge is 0.457 e. The standard InChI is InChI=1S/C21H14BrF3N4O3/c1-29-18-5-3-14(31-15-6-7-26-13(9-15)11-30)10-17(18)28-20(29)27-16-4-2-12(22)8-19(16)32-21(23,24)25/h2-11H,1H3,(H,27,28). The number of halogens is 4. The number of rotatable bonds is 6.